The minimum Gasteiger partial charge on any atom is -0.309 e. The molecule has 12 aromatic rings. The Labute approximate surface area is 302 Å². The molecule has 0 aliphatic carbocycles. The van der Waals surface area contributed by atoms with Crippen LogP contribution < -0.4 is 0 Å². The molecule has 0 saturated carbocycles. The maximum absolute atomic E-state index is 2.49. The van der Waals surface area contributed by atoms with Gasteiger partial charge in [-0.05, 0) is 72.8 Å². The third-order valence-electron chi connectivity index (χ3n) is 11.0. The summed E-state index contributed by atoms with van der Waals surface area (Å²) >= 11 is 1.88. The summed E-state index contributed by atoms with van der Waals surface area (Å²) < 4.78 is 9.97. The molecule has 0 radical (unpaired) electrons. The number of fused-ring (bicyclic) bond motifs is 12. The van der Waals surface area contributed by atoms with Gasteiger partial charge in [0, 0.05) is 59.2 Å². The largest absolute Gasteiger partial charge is 0.309 e. The van der Waals surface area contributed by atoms with Crippen molar-refractivity contribution in [3.63, 3.8) is 0 Å². The first-order valence-corrected chi connectivity index (χ1v) is 18.6. The summed E-state index contributed by atoms with van der Waals surface area (Å²) in [6.45, 7) is 0. The Kier molecular flexibility index (Phi) is 5.65. The van der Waals surface area contributed by atoms with Crippen molar-refractivity contribution in [3.05, 3.63) is 176 Å². The lowest BCUT2D eigenvalue weighted by Crippen LogP contribution is -1.96. The second-order valence-corrected chi connectivity index (χ2v) is 14.8. The molecule has 3 nitrogen and oxygen atoms in total. The number of aromatic nitrogens is 3. The number of benzene rings is 8. The number of nitrogens with zero attached hydrogens (tertiary/aromatic N) is 3. The van der Waals surface area contributed by atoms with Gasteiger partial charge in [0.2, 0.25) is 0 Å². The Bertz CT molecular complexity index is 3150. The van der Waals surface area contributed by atoms with Crippen LogP contribution in [0.1, 0.15) is 0 Å². The fraction of sp³-hybridized carbons (Fsp3) is 0. The van der Waals surface area contributed by atoms with Crippen molar-refractivity contribution < 1.29 is 0 Å². The summed E-state index contributed by atoms with van der Waals surface area (Å²) in [6, 6.07) is 64.7. The number of thiophene rings is 1. The van der Waals surface area contributed by atoms with Crippen LogP contribution in [-0.4, -0.2) is 13.7 Å². The van der Waals surface area contributed by atoms with Crippen molar-refractivity contribution >= 4 is 96.9 Å². The average molecular weight is 680 g/mol. The second kappa shape index (κ2) is 10.5. The molecule has 4 aromatic heterocycles. The fourth-order valence-electron chi connectivity index (χ4n) is 8.85. The van der Waals surface area contributed by atoms with Gasteiger partial charge in [0.25, 0.3) is 0 Å². The third-order valence-corrected chi connectivity index (χ3v) is 12.2. The van der Waals surface area contributed by atoms with Gasteiger partial charge < -0.3 is 13.7 Å². The molecule has 0 N–H and O–H groups in total. The highest BCUT2D eigenvalue weighted by Gasteiger charge is 2.20. The van der Waals surface area contributed by atoms with Gasteiger partial charge in [0.1, 0.15) is 0 Å². The highest BCUT2D eigenvalue weighted by Crippen LogP contribution is 2.43. The zero-order chi connectivity index (χ0) is 33.9. The van der Waals surface area contributed by atoms with Gasteiger partial charge >= 0.3 is 0 Å². The number of para-hydroxylation sites is 4. The molecule has 4 heterocycles. The fourth-order valence-corrected chi connectivity index (χ4v) is 10.1. The lowest BCUT2D eigenvalue weighted by molar-refractivity contribution is 1.17. The predicted octanol–water partition coefficient (Wildman–Crippen LogP) is 13.3. The Morgan fingerprint density at radius 1 is 0.288 bits per heavy atom. The van der Waals surface area contributed by atoms with Crippen molar-refractivity contribution in [2.45, 2.75) is 0 Å². The zero-order valence-electron chi connectivity index (χ0n) is 28.0. The smallest absolute Gasteiger partial charge is 0.0640 e. The van der Waals surface area contributed by atoms with Crippen molar-refractivity contribution in [1.82, 2.24) is 13.7 Å². The Morgan fingerprint density at radius 3 is 1.19 bits per heavy atom. The van der Waals surface area contributed by atoms with Crippen LogP contribution in [0.4, 0.5) is 0 Å². The summed E-state index contributed by atoms with van der Waals surface area (Å²) in [5, 5.41) is 10.2. The molecular formula is C48H29N3S. The third kappa shape index (κ3) is 3.74. The van der Waals surface area contributed by atoms with Crippen LogP contribution in [0.3, 0.4) is 0 Å². The van der Waals surface area contributed by atoms with E-state index in [1.807, 2.05) is 11.3 Å². The average Bonchev–Trinajstić information content (AvgIpc) is 3.94. The summed E-state index contributed by atoms with van der Waals surface area (Å²) in [5.41, 5.74) is 10.8. The van der Waals surface area contributed by atoms with E-state index in [-0.39, 0.29) is 0 Å². The topological polar surface area (TPSA) is 14.8 Å². The monoisotopic (exact) mass is 679 g/mol. The Hall–Kier alpha value is -6.62. The van der Waals surface area contributed by atoms with Gasteiger partial charge in [-0.1, -0.05) is 103 Å². The van der Waals surface area contributed by atoms with E-state index in [9.17, 15) is 0 Å². The number of rotatable bonds is 3. The minimum atomic E-state index is 1.16. The maximum Gasteiger partial charge on any atom is 0.0640 e. The second-order valence-electron chi connectivity index (χ2n) is 13.7. The van der Waals surface area contributed by atoms with Crippen molar-refractivity contribution in [2.75, 3.05) is 0 Å². The molecule has 0 atom stereocenters. The van der Waals surface area contributed by atoms with Gasteiger partial charge in [0.15, 0.2) is 0 Å². The summed E-state index contributed by atoms with van der Waals surface area (Å²) in [5.74, 6) is 0. The van der Waals surface area contributed by atoms with E-state index in [0.29, 0.717) is 0 Å². The summed E-state index contributed by atoms with van der Waals surface area (Å²) in [6.07, 6.45) is 0. The van der Waals surface area contributed by atoms with Crippen LogP contribution in [0, 0.1) is 0 Å². The van der Waals surface area contributed by atoms with E-state index in [2.05, 4.69) is 190 Å². The van der Waals surface area contributed by atoms with Gasteiger partial charge in [-0.15, -0.1) is 11.3 Å². The van der Waals surface area contributed by atoms with Crippen LogP contribution in [0.15, 0.2) is 176 Å². The van der Waals surface area contributed by atoms with Gasteiger partial charge in [-0.25, -0.2) is 0 Å². The first-order chi connectivity index (χ1) is 25.8. The molecule has 0 saturated heterocycles. The quantitative estimate of drug-likeness (QED) is 0.177. The number of hydrogen-bond acceptors (Lipinski definition) is 1. The highest BCUT2D eigenvalue weighted by molar-refractivity contribution is 7.26. The van der Waals surface area contributed by atoms with E-state index in [1.54, 1.807) is 0 Å². The van der Waals surface area contributed by atoms with E-state index in [4.69, 9.17) is 0 Å². The van der Waals surface area contributed by atoms with E-state index < -0.39 is 0 Å². The van der Waals surface area contributed by atoms with Crippen molar-refractivity contribution in [3.8, 4) is 17.1 Å². The van der Waals surface area contributed by atoms with Gasteiger partial charge in [-0.3, -0.25) is 0 Å². The first kappa shape index (κ1) is 28.1. The molecule has 0 amide bonds. The molecule has 0 aliphatic rings. The maximum atomic E-state index is 2.49. The van der Waals surface area contributed by atoms with E-state index >= 15 is 0 Å². The van der Waals surface area contributed by atoms with Crippen molar-refractivity contribution in [1.29, 1.82) is 0 Å². The normalized spacial score (nSPS) is 12.2. The molecule has 52 heavy (non-hydrogen) atoms. The molecule has 12 rings (SSSR count). The molecule has 0 spiro atoms. The Morgan fingerprint density at radius 2 is 0.692 bits per heavy atom. The SMILES string of the molecule is c1ccc2c(c1)sc1c(-n3c4ccc(-n5c6ccccc6c6ccccc65)cc4c4cc(-n5c6ccccc6c6ccccc65)ccc43)cccc12. The Balaban J connectivity index is 1.20. The van der Waals surface area contributed by atoms with Crippen LogP contribution in [-0.2, 0) is 0 Å². The van der Waals surface area contributed by atoms with Gasteiger partial charge in [-0.2, -0.15) is 0 Å². The summed E-state index contributed by atoms with van der Waals surface area (Å²) in [4.78, 5) is 0. The van der Waals surface area contributed by atoms with Crippen LogP contribution >= 0.6 is 11.3 Å². The summed E-state index contributed by atoms with van der Waals surface area (Å²) in [7, 11) is 0. The standard InChI is InChI=1S/C48H29N3S/c1-6-18-40-32(12-1)33-13-2-7-19-41(33)49(40)30-24-26-44-38(28-30)39-29-31(50-42-20-8-3-14-34(42)35-15-4-9-21-43(35)50)25-27-45(39)51(44)46-22-11-17-37-36-16-5-10-23-47(36)52-48(37)46/h1-29H. The minimum absolute atomic E-state index is 1.16. The van der Waals surface area contributed by atoms with E-state index in [0.717, 1.165) is 11.4 Å². The molecule has 0 fully saturated rings. The van der Waals surface area contributed by atoms with Crippen LogP contribution in [0.5, 0.6) is 0 Å². The molecule has 0 bridgehead atoms. The predicted molar refractivity (Wildman–Crippen MR) is 222 cm³/mol. The highest BCUT2D eigenvalue weighted by atomic mass is 32.1. The van der Waals surface area contributed by atoms with Gasteiger partial charge in [0.05, 0.1) is 43.5 Å². The molecule has 4 heteroatoms. The lowest BCUT2D eigenvalue weighted by Gasteiger charge is -2.11. The first-order valence-electron chi connectivity index (χ1n) is 17.8. The van der Waals surface area contributed by atoms with Crippen LogP contribution in [0.25, 0.3) is 103 Å². The van der Waals surface area contributed by atoms with Crippen LogP contribution in [0.2, 0.25) is 0 Å². The number of hydrogen-bond donors (Lipinski definition) is 0. The zero-order valence-corrected chi connectivity index (χ0v) is 28.8. The molecule has 242 valence electrons. The molecule has 0 unspecified atom stereocenters. The molecular weight excluding hydrogens is 651 g/mol. The van der Waals surface area contributed by atoms with E-state index in [1.165, 1.54) is 91.3 Å². The lowest BCUT2D eigenvalue weighted by atomic mass is 10.1. The molecule has 0 aliphatic heterocycles. The molecule has 8 aromatic carbocycles. The van der Waals surface area contributed by atoms with Crippen molar-refractivity contribution in [2.24, 2.45) is 0 Å².